The summed E-state index contributed by atoms with van der Waals surface area (Å²) in [6.07, 6.45) is 0. The molecule has 0 amide bonds. The second-order valence-corrected chi connectivity index (χ2v) is 5.08. The zero-order valence-electron chi connectivity index (χ0n) is 10.7. The summed E-state index contributed by atoms with van der Waals surface area (Å²) >= 11 is 1.56. The second-order valence-electron chi connectivity index (χ2n) is 4.14. The fraction of sp³-hybridized carbons (Fsp3) is 0.286. The lowest BCUT2D eigenvalue weighted by Crippen LogP contribution is -2.18. The molecule has 1 atom stereocenters. The average molecular weight is 265 g/mol. The minimum absolute atomic E-state index is 0.140. The first-order chi connectivity index (χ1) is 8.65. The van der Waals surface area contributed by atoms with Crippen molar-refractivity contribution in [3.63, 3.8) is 0 Å². The largest absolute Gasteiger partial charge is 0.496 e. The van der Waals surface area contributed by atoms with E-state index in [9.17, 15) is 4.39 Å². The molecule has 0 radical (unpaired) electrons. The van der Waals surface area contributed by atoms with Crippen LogP contribution in [0.4, 0.5) is 4.39 Å². The molecular formula is C14H16FNOS. The molecule has 18 heavy (non-hydrogen) atoms. The van der Waals surface area contributed by atoms with E-state index in [1.54, 1.807) is 24.5 Å². The molecule has 1 unspecified atom stereocenters. The molecule has 96 valence electrons. The third kappa shape index (κ3) is 2.54. The molecule has 1 N–H and O–H groups in total. The summed E-state index contributed by atoms with van der Waals surface area (Å²) in [5, 5.41) is 5.08. The zero-order chi connectivity index (χ0) is 13.1. The van der Waals surface area contributed by atoms with E-state index in [0.717, 1.165) is 16.2 Å². The van der Waals surface area contributed by atoms with E-state index in [1.165, 1.54) is 6.07 Å². The molecule has 1 heterocycles. The fourth-order valence-corrected chi connectivity index (χ4v) is 2.91. The summed E-state index contributed by atoms with van der Waals surface area (Å²) in [7, 11) is 3.46. The van der Waals surface area contributed by atoms with Crippen molar-refractivity contribution in [2.45, 2.75) is 13.0 Å². The molecule has 1 aromatic carbocycles. The molecule has 4 heteroatoms. The normalized spacial score (nSPS) is 12.4. The van der Waals surface area contributed by atoms with Crippen LogP contribution in [-0.2, 0) is 0 Å². The lowest BCUT2D eigenvalue weighted by atomic mass is 10.0. The number of halogens is 1. The number of hydrogen-bond acceptors (Lipinski definition) is 3. The molecule has 0 fully saturated rings. The van der Waals surface area contributed by atoms with Crippen LogP contribution in [0.15, 0.2) is 29.6 Å². The van der Waals surface area contributed by atoms with E-state index in [2.05, 4.69) is 5.32 Å². The van der Waals surface area contributed by atoms with Crippen LogP contribution in [-0.4, -0.2) is 14.2 Å². The van der Waals surface area contributed by atoms with E-state index in [1.807, 2.05) is 31.5 Å². The number of rotatable bonds is 4. The van der Waals surface area contributed by atoms with Gasteiger partial charge in [-0.1, -0.05) is 17.7 Å². The highest BCUT2D eigenvalue weighted by Crippen LogP contribution is 2.32. The molecule has 2 nitrogen and oxygen atoms in total. The number of methoxy groups -OCH3 is 1. The lowest BCUT2D eigenvalue weighted by Gasteiger charge is -2.16. The molecule has 0 aliphatic carbocycles. The molecule has 0 bridgehead atoms. The topological polar surface area (TPSA) is 21.3 Å². The van der Waals surface area contributed by atoms with Crippen molar-refractivity contribution < 1.29 is 9.13 Å². The van der Waals surface area contributed by atoms with Gasteiger partial charge in [-0.25, -0.2) is 4.39 Å². The molecule has 0 aliphatic heterocycles. The number of hydrogen-bond donors (Lipinski definition) is 1. The maximum absolute atomic E-state index is 13.9. The summed E-state index contributed by atoms with van der Waals surface area (Å²) in [6.45, 7) is 1.96. The molecule has 0 aliphatic rings. The molecule has 1 aromatic heterocycles. The van der Waals surface area contributed by atoms with Crippen molar-refractivity contribution in [2.24, 2.45) is 0 Å². The zero-order valence-corrected chi connectivity index (χ0v) is 11.5. The highest BCUT2D eigenvalue weighted by atomic mass is 32.1. The molecule has 0 spiro atoms. The first-order valence-corrected chi connectivity index (χ1v) is 6.59. The first-order valence-electron chi connectivity index (χ1n) is 5.71. The van der Waals surface area contributed by atoms with E-state index >= 15 is 0 Å². The monoisotopic (exact) mass is 265 g/mol. The van der Waals surface area contributed by atoms with Crippen molar-refractivity contribution in [1.82, 2.24) is 5.32 Å². The Hall–Kier alpha value is -1.39. The third-order valence-electron chi connectivity index (χ3n) is 2.87. The summed E-state index contributed by atoms with van der Waals surface area (Å²) in [5.74, 6) is 0.621. The van der Waals surface area contributed by atoms with Gasteiger partial charge in [0.05, 0.1) is 13.2 Å². The maximum atomic E-state index is 13.9. The van der Waals surface area contributed by atoms with Gasteiger partial charge >= 0.3 is 0 Å². The molecule has 2 aromatic rings. The number of ether oxygens (including phenoxy) is 1. The van der Waals surface area contributed by atoms with Gasteiger partial charge in [0, 0.05) is 15.8 Å². The standard InChI is InChI=1S/C14H16FNOS/c1-9-4-5-12(15)11(6-9)14(16-2)13-7-10(17-3)8-18-13/h4-8,14,16H,1-3H3. The Morgan fingerprint density at radius 3 is 2.72 bits per heavy atom. The van der Waals surface area contributed by atoms with Gasteiger partial charge in [-0.15, -0.1) is 11.3 Å². The summed E-state index contributed by atoms with van der Waals surface area (Å²) in [5.41, 5.74) is 1.72. The van der Waals surface area contributed by atoms with Crippen molar-refractivity contribution >= 4 is 11.3 Å². The highest BCUT2D eigenvalue weighted by Gasteiger charge is 2.18. The van der Waals surface area contributed by atoms with Gasteiger partial charge in [-0.2, -0.15) is 0 Å². The van der Waals surface area contributed by atoms with Crippen molar-refractivity contribution in [3.05, 3.63) is 51.5 Å². The minimum Gasteiger partial charge on any atom is -0.496 e. The van der Waals surface area contributed by atoms with Crippen molar-refractivity contribution in [3.8, 4) is 5.75 Å². The summed E-state index contributed by atoms with van der Waals surface area (Å²) < 4.78 is 19.1. The summed E-state index contributed by atoms with van der Waals surface area (Å²) in [4.78, 5) is 1.04. The molecule has 2 rings (SSSR count). The van der Waals surface area contributed by atoms with Crippen LogP contribution in [0.5, 0.6) is 5.75 Å². The Kier molecular flexibility index (Phi) is 3.99. The van der Waals surface area contributed by atoms with Crippen LogP contribution in [0.25, 0.3) is 0 Å². The van der Waals surface area contributed by atoms with Gasteiger partial charge in [0.25, 0.3) is 0 Å². The lowest BCUT2D eigenvalue weighted by molar-refractivity contribution is 0.416. The van der Waals surface area contributed by atoms with E-state index in [4.69, 9.17) is 4.74 Å². The third-order valence-corrected chi connectivity index (χ3v) is 3.84. The maximum Gasteiger partial charge on any atom is 0.129 e. The SMILES string of the molecule is CNC(c1cc(OC)cs1)c1cc(C)ccc1F. The predicted molar refractivity (Wildman–Crippen MR) is 72.9 cm³/mol. The van der Waals surface area contributed by atoms with E-state index in [0.29, 0.717) is 5.56 Å². The predicted octanol–water partition coefficient (Wildman–Crippen LogP) is 3.51. The van der Waals surface area contributed by atoms with Crippen LogP contribution in [0, 0.1) is 12.7 Å². The smallest absolute Gasteiger partial charge is 0.129 e. The average Bonchev–Trinajstić information content (AvgIpc) is 2.83. The van der Waals surface area contributed by atoms with Crippen LogP contribution >= 0.6 is 11.3 Å². The van der Waals surface area contributed by atoms with E-state index in [-0.39, 0.29) is 11.9 Å². The molecular weight excluding hydrogens is 249 g/mol. The van der Waals surface area contributed by atoms with Gasteiger partial charge in [0.1, 0.15) is 11.6 Å². The molecule has 0 saturated carbocycles. The molecule has 0 saturated heterocycles. The van der Waals surface area contributed by atoms with Crippen LogP contribution < -0.4 is 10.1 Å². The van der Waals surface area contributed by atoms with E-state index < -0.39 is 0 Å². The quantitative estimate of drug-likeness (QED) is 0.913. The Balaban J connectivity index is 2.41. The number of thiophene rings is 1. The van der Waals surface area contributed by atoms with Gasteiger partial charge in [-0.3, -0.25) is 0 Å². The number of aryl methyl sites for hydroxylation is 1. The summed E-state index contributed by atoms with van der Waals surface area (Å²) in [6, 6.07) is 6.97. The highest BCUT2D eigenvalue weighted by molar-refractivity contribution is 7.10. The van der Waals surface area contributed by atoms with Gasteiger partial charge < -0.3 is 10.1 Å². The first kappa shape index (κ1) is 13.1. The van der Waals surface area contributed by atoms with Crippen LogP contribution in [0.3, 0.4) is 0 Å². The fourth-order valence-electron chi connectivity index (χ4n) is 1.93. The Bertz CT molecular complexity index is 538. The second kappa shape index (κ2) is 5.50. The van der Waals surface area contributed by atoms with Crippen LogP contribution in [0.1, 0.15) is 22.0 Å². The van der Waals surface area contributed by atoms with Crippen molar-refractivity contribution in [2.75, 3.05) is 14.2 Å². The van der Waals surface area contributed by atoms with Gasteiger partial charge in [0.2, 0.25) is 0 Å². The number of benzene rings is 1. The minimum atomic E-state index is -0.188. The Morgan fingerprint density at radius 1 is 1.33 bits per heavy atom. The van der Waals surface area contributed by atoms with Gasteiger partial charge in [-0.05, 0) is 26.1 Å². The Labute approximate surface area is 110 Å². The number of nitrogens with one attached hydrogen (secondary N) is 1. The van der Waals surface area contributed by atoms with Crippen LogP contribution in [0.2, 0.25) is 0 Å². The van der Waals surface area contributed by atoms with Gasteiger partial charge in [0.15, 0.2) is 0 Å². The Morgan fingerprint density at radius 2 is 2.11 bits per heavy atom. The van der Waals surface area contributed by atoms with Crippen molar-refractivity contribution in [1.29, 1.82) is 0 Å².